The zero-order chi connectivity index (χ0) is 13.9. The van der Waals surface area contributed by atoms with Gasteiger partial charge in [0.15, 0.2) is 0 Å². The maximum absolute atomic E-state index is 11.4. The van der Waals surface area contributed by atoms with E-state index in [0.717, 1.165) is 10.8 Å². The number of tetrazole rings is 1. The Hall–Kier alpha value is -2.83. The first-order chi connectivity index (χ1) is 9.79. The molecule has 0 N–H and O–H groups in total. The number of ether oxygens (including phenoxy) is 1. The first kappa shape index (κ1) is 12.2. The first-order valence-electron chi connectivity index (χ1n) is 5.96. The molecule has 7 heteroatoms. The van der Waals surface area contributed by atoms with Gasteiger partial charge < -0.3 is 4.74 Å². The normalized spacial score (nSPS) is 10.7. The Morgan fingerprint density at radius 3 is 3.00 bits per heavy atom. The van der Waals surface area contributed by atoms with Crippen LogP contribution in [0.2, 0.25) is 0 Å². The van der Waals surface area contributed by atoms with Gasteiger partial charge in [0.1, 0.15) is 12.2 Å². The van der Waals surface area contributed by atoms with Gasteiger partial charge in [0.05, 0.1) is 7.11 Å². The molecule has 0 amide bonds. The molecule has 0 atom stereocenters. The quantitative estimate of drug-likeness (QED) is 0.661. The number of carbonyl (C=O) groups is 1. The van der Waals surface area contributed by atoms with Gasteiger partial charge in [-0.15, -0.1) is 5.10 Å². The predicted molar refractivity (Wildman–Crippen MR) is 70.6 cm³/mol. The van der Waals surface area contributed by atoms with Crippen LogP contribution in [0.1, 0.15) is 0 Å². The van der Waals surface area contributed by atoms with Gasteiger partial charge in [-0.2, -0.15) is 0 Å². The van der Waals surface area contributed by atoms with E-state index >= 15 is 0 Å². The monoisotopic (exact) mass is 269 g/mol. The van der Waals surface area contributed by atoms with Crippen molar-refractivity contribution in [1.82, 2.24) is 25.2 Å². The number of methoxy groups -OCH3 is 1. The SMILES string of the molecule is COC(=O)Cn1nnnc1-c1nccc2ccccc12. The molecule has 0 unspecified atom stereocenters. The van der Waals surface area contributed by atoms with Crippen molar-refractivity contribution in [1.29, 1.82) is 0 Å². The fourth-order valence-electron chi connectivity index (χ4n) is 1.97. The van der Waals surface area contributed by atoms with E-state index in [9.17, 15) is 4.79 Å². The third-order valence-corrected chi connectivity index (χ3v) is 2.92. The fourth-order valence-corrected chi connectivity index (χ4v) is 1.97. The van der Waals surface area contributed by atoms with Gasteiger partial charge in [-0.25, -0.2) is 4.68 Å². The minimum absolute atomic E-state index is 0.0519. The maximum atomic E-state index is 11.4. The van der Waals surface area contributed by atoms with Crippen LogP contribution in [0.4, 0.5) is 0 Å². The van der Waals surface area contributed by atoms with Crippen LogP contribution in [0, 0.1) is 0 Å². The summed E-state index contributed by atoms with van der Waals surface area (Å²) in [5.41, 5.74) is 0.636. The molecule has 0 aliphatic heterocycles. The number of hydrogen-bond acceptors (Lipinski definition) is 6. The number of aromatic nitrogens is 5. The minimum atomic E-state index is -0.418. The van der Waals surface area contributed by atoms with E-state index in [1.165, 1.54) is 11.8 Å². The standard InChI is InChI=1S/C13H11N5O2/c1-20-11(19)8-18-13(15-16-17-18)12-10-5-3-2-4-9(10)6-7-14-12/h2-7H,8H2,1H3. The molecule has 0 saturated carbocycles. The van der Waals surface area contributed by atoms with Crippen LogP contribution in [0.3, 0.4) is 0 Å². The van der Waals surface area contributed by atoms with Crippen LogP contribution in [-0.2, 0) is 16.1 Å². The lowest BCUT2D eigenvalue weighted by Crippen LogP contribution is -2.14. The number of hydrogen-bond donors (Lipinski definition) is 0. The van der Waals surface area contributed by atoms with Gasteiger partial charge in [-0.1, -0.05) is 24.3 Å². The van der Waals surface area contributed by atoms with E-state index in [4.69, 9.17) is 0 Å². The molecular formula is C13H11N5O2. The van der Waals surface area contributed by atoms with E-state index in [2.05, 4.69) is 25.2 Å². The van der Waals surface area contributed by atoms with Crippen LogP contribution < -0.4 is 0 Å². The van der Waals surface area contributed by atoms with Crippen molar-refractivity contribution in [2.75, 3.05) is 7.11 Å². The Bertz CT molecular complexity index is 763. The highest BCUT2D eigenvalue weighted by atomic mass is 16.5. The summed E-state index contributed by atoms with van der Waals surface area (Å²) in [6.07, 6.45) is 1.69. The number of rotatable bonds is 3. The highest BCUT2D eigenvalue weighted by Crippen LogP contribution is 2.23. The molecule has 0 saturated heterocycles. The molecule has 3 aromatic rings. The summed E-state index contributed by atoms with van der Waals surface area (Å²) < 4.78 is 6.00. The molecule has 7 nitrogen and oxygen atoms in total. The van der Waals surface area contributed by atoms with Crippen LogP contribution in [-0.4, -0.2) is 38.3 Å². The largest absolute Gasteiger partial charge is 0.468 e. The van der Waals surface area contributed by atoms with Crippen LogP contribution >= 0.6 is 0 Å². The van der Waals surface area contributed by atoms with Gasteiger partial charge in [0, 0.05) is 11.6 Å². The van der Waals surface area contributed by atoms with Gasteiger partial charge in [0.2, 0.25) is 5.82 Å². The molecule has 3 rings (SSSR count). The summed E-state index contributed by atoms with van der Waals surface area (Å²) in [5.74, 6) is 0.0194. The first-order valence-corrected chi connectivity index (χ1v) is 5.96. The van der Waals surface area contributed by atoms with Crippen molar-refractivity contribution in [3.8, 4) is 11.5 Å². The summed E-state index contributed by atoms with van der Waals surface area (Å²) in [5, 5.41) is 13.3. The maximum Gasteiger partial charge on any atom is 0.327 e. The number of fused-ring (bicyclic) bond motifs is 1. The number of pyridine rings is 1. The lowest BCUT2D eigenvalue weighted by atomic mass is 10.1. The lowest BCUT2D eigenvalue weighted by Gasteiger charge is -2.05. The van der Waals surface area contributed by atoms with Gasteiger partial charge in [-0.3, -0.25) is 9.78 Å². The molecule has 1 aromatic carbocycles. The fraction of sp³-hybridized carbons (Fsp3) is 0.154. The van der Waals surface area contributed by atoms with Crippen molar-refractivity contribution in [2.45, 2.75) is 6.54 Å². The molecular weight excluding hydrogens is 258 g/mol. The third kappa shape index (κ3) is 2.09. The van der Waals surface area contributed by atoms with Gasteiger partial charge in [-0.05, 0) is 21.9 Å². The van der Waals surface area contributed by atoms with Gasteiger partial charge >= 0.3 is 5.97 Å². The second-order valence-corrected chi connectivity index (χ2v) is 4.12. The Morgan fingerprint density at radius 2 is 2.15 bits per heavy atom. The third-order valence-electron chi connectivity index (χ3n) is 2.92. The Kier molecular flexibility index (Phi) is 3.08. The van der Waals surface area contributed by atoms with Crippen molar-refractivity contribution in [2.24, 2.45) is 0 Å². The molecule has 0 radical (unpaired) electrons. The highest BCUT2D eigenvalue weighted by Gasteiger charge is 2.15. The molecule has 0 aliphatic rings. The summed E-state index contributed by atoms with van der Waals surface area (Å²) in [6.45, 7) is -0.0519. The van der Waals surface area contributed by atoms with E-state index in [-0.39, 0.29) is 6.54 Å². The van der Waals surface area contributed by atoms with E-state index in [1.807, 2.05) is 30.3 Å². The van der Waals surface area contributed by atoms with E-state index in [0.29, 0.717) is 11.5 Å². The van der Waals surface area contributed by atoms with Crippen LogP contribution in [0.5, 0.6) is 0 Å². The Balaban J connectivity index is 2.12. The molecule has 0 aliphatic carbocycles. The molecule has 0 fully saturated rings. The molecule has 2 aromatic heterocycles. The zero-order valence-electron chi connectivity index (χ0n) is 10.7. The van der Waals surface area contributed by atoms with Crippen molar-refractivity contribution >= 4 is 16.7 Å². The number of carbonyl (C=O) groups excluding carboxylic acids is 1. The van der Waals surface area contributed by atoms with Crippen LogP contribution in [0.15, 0.2) is 36.5 Å². The van der Waals surface area contributed by atoms with Gasteiger partial charge in [0.25, 0.3) is 0 Å². The average molecular weight is 269 g/mol. The Morgan fingerprint density at radius 1 is 1.30 bits per heavy atom. The molecule has 2 heterocycles. The van der Waals surface area contributed by atoms with Crippen LogP contribution in [0.25, 0.3) is 22.3 Å². The zero-order valence-corrected chi connectivity index (χ0v) is 10.7. The molecule has 100 valence electrons. The molecule has 0 bridgehead atoms. The van der Waals surface area contributed by atoms with E-state index < -0.39 is 5.97 Å². The number of benzene rings is 1. The molecule has 0 spiro atoms. The average Bonchev–Trinajstić information content (AvgIpc) is 2.94. The smallest absolute Gasteiger partial charge is 0.327 e. The lowest BCUT2D eigenvalue weighted by molar-refractivity contribution is -0.141. The predicted octanol–water partition coefficient (Wildman–Crippen LogP) is 1.06. The number of esters is 1. The minimum Gasteiger partial charge on any atom is -0.468 e. The summed E-state index contributed by atoms with van der Waals surface area (Å²) in [6, 6.07) is 9.70. The highest BCUT2D eigenvalue weighted by molar-refractivity contribution is 5.92. The second kappa shape index (κ2) is 5.04. The van der Waals surface area contributed by atoms with Crippen molar-refractivity contribution < 1.29 is 9.53 Å². The molecule has 20 heavy (non-hydrogen) atoms. The second-order valence-electron chi connectivity index (χ2n) is 4.12. The Labute approximate surface area is 114 Å². The van der Waals surface area contributed by atoms with E-state index in [1.54, 1.807) is 6.20 Å². The number of nitrogens with zero attached hydrogens (tertiary/aromatic N) is 5. The van der Waals surface area contributed by atoms with Crippen molar-refractivity contribution in [3.63, 3.8) is 0 Å². The topological polar surface area (TPSA) is 82.8 Å². The summed E-state index contributed by atoms with van der Waals surface area (Å²) in [7, 11) is 1.32. The van der Waals surface area contributed by atoms with Crippen molar-refractivity contribution in [3.05, 3.63) is 36.5 Å². The summed E-state index contributed by atoms with van der Waals surface area (Å²) >= 11 is 0. The summed E-state index contributed by atoms with van der Waals surface area (Å²) in [4.78, 5) is 15.7.